The number of hydrogen-bond acceptors (Lipinski definition) is 3. The van der Waals surface area contributed by atoms with Gasteiger partial charge in [-0.05, 0) is 56.2 Å². The van der Waals surface area contributed by atoms with Gasteiger partial charge in [0.25, 0.3) is 0 Å². The van der Waals surface area contributed by atoms with Crippen molar-refractivity contribution in [2.75, 3.05) is 13.2 Å². The van der Waals surface area contributed by atoms with Gasteiger partial charge in [0.15, 0.2) is 0 Å². The van der Waals surface area contributed by atoms with Crippen molar-refractivity contribution in [2.45, 2.75) is 59.3 Å². The molecule has 0 aromatic heterocycles. The molecule has 0 fully saturated rings. The molecular weight excluding hydrogens is 264 g/mol. The van der Waals surface area contributed by atoms with Crippen LogP contribution in [0.15, 0.2) is 18.2 Å². The molecule has 3 heteroatoms. The highest BCUT2D eigenvalue weighted by atomic mass is 16.5. The van der Waals surface area contributed by atoms with Crippen molar-refractivity contribution in [3.63, 3.8) is 0 Å². The Hall–Kier alpha value is -1.51. The summed E-state index contributed by atoms with van der Waals surface area (Å²) in [6, 6.07) is 6.41. The van der Waals surface area contributed by atoms with Crippen LogP contribution in [-0.2, 0) is 9.53 Å². The fourth-order valence-electron chi connectivity index (χ4n) is 2.09. The minimum Gasteiger partial charge on any atom is -0.493 e. The lowest BCUT2D eigenvalue weighted by atomic mass is 10.0. The zero-order valence-electron chi connectivity index (χ0n) is 13.8. The summed E-state index contributed by atoms with van der Waals surface area (Å²) in [5, 5.41) is 0. The topological polar surface area (TPSA) is 35.5 Å². The van der Waals surface area contributed by atoms with E-state index in [4.69, 9.17) is 9.47 Å². The molecule has 0 aliphatic heterocycles. The molecule has 0 amide bonds. The molecule has 3 nitrogen and oxygen atoms in total. The molecule has 0 bridgehead atoms. The summed E-state index contributed by atoms with van der Waals surface area (Å²) in [7, 11) is 0. The summed E-state index contributed by atoms with van der Waals surface area (Å²) >= 11 is 0. The number of aryl methyl sites for hydroxylation is 1. The number of rotatable bonds is 9. The van der Waals surface area contributed by atoms with Crippen LogP contribution in [0.5, 0.6) is 5.75 Å². The van der Waals surface area contributed by atoms with Crippen LogP contribution in [-0.4, -0.2) is 19.2 Å². The number of esters is 1. The second-order valence-electron chi connectivity index (χ2n) is 5.64. The summed E-state index contributed by atoms with van der Waals surface area (Å²) in [6.45, 7) is 9.44. The number of carbonyl (C=O) groups is 1. The third-order valence-corrected chi connectivity index (χ3v) is 3.47. The second kappa shape index (κ2) is 9.43. The van der Waals surface area contributed by atoms with E-state index in [1.807, 2.05) is 6.92 Å². The molecule has 1 aromatic rings. The molecule has 0 N–H and O–H groups in total. The quantitative estimate of drug-likeness (QED) is 0.492. The van der Waals surface area contributed by atoms with Gasteiger partial charge in [-0.15, -0.1) is 0 Å². The van der Waals surface area contributed by atoms with Crippen LogP contribution in [0.3, 0.4) is 0 Å². The Kier molecular flexibility index (Phi) is 7.88. The van der Waals surface area contributed by atoms with Crippen molar-refractivity contribution in [2.24, 2.45) is 0 Å². The van der Waals surface area contributed by atoms with Crippen LogP contribution >= 0.6 is 0 Å². The van der Waals surface area contributed by atoms with Crippen LogP contribution in [0.4, 0.5) is 0 Å². The van der Waals surface area contributed by atoms with Crippen molar-refractivity contribution < 1.29 is 14.3 Å². The Balaban J connectivity index is 2.26. The zero-order valence-corrected chi connectivity index (χ0v) is 13.8. The molecule has 0 saturated heterocycles. The monoisotopic (exact) mass is 292 g/mol. The summed E-state index contributed by atoms with van der Waals surface area (Å²) in [5.41, 5.74) is 2.48. The Morgan fingerprint density at radius 2 is 1.95 bits per heavy atom. The second-order valence-corrected chi connectivity index (χ2v) is 5.64. The lowest BCUT2D eigenvalue weighted by molar-refractivity contribution is -0.143. The molecule has 0 unspecified atom stereocenters. The van der Waals surface area contributed by atoms with E-state index in [-0.39, 0.29) is 5.97 Å². The average Bonchev–Trinajstić information content (AvgIpc) is 2.44. The number of carbonyl (C=O) groups excluding carboxylic acids is 1. The highest BCUT2D eigenvalue weighted by Crippen LogP contribution is 2.24. The van der Waals surface area contributed by atoms with Gasteiger partial charge in [-0.2, -0.15) is 0 Å². The maximum absolute atomic E-state index is 11.2. The number of hydrogen-bond donors (Lipinski definition) is 0. The molecule has 0 aliphatic rings. The minimum absolute atomic E-state index is 0.0982. The maximum Gasteiger partial charge on any atom is 0.305 e. The molecule has 0 spiro atoms. The zero-order chi connectivity index (χ0) is 15.7. The Morgan fingerprint density at radius 3 is 2.62 bits per heavy atom. The molecular formula is C18H28O3. The van der Waals surface area contributed by atoms with Crippen molar-refractivity contribution in [3.8, 4) is 5.75 Å². The fraction of sp³-hybridized carbons (Fsp3) is 0.611. The highest BCUT2D eigenvalue weighted by Gasteiger charge is 2.05. The first-order valence-electron chi connectivity index (χ1n) is 7.93. The van der Waals surface area contributed by atoms with E-state index in [9.17, 15) is 4.79 Å². The normalized spacial score (nSPS) is 10.7. The third kappa shape index (κ3) is 6.65. The number of benzene rings is 1. The van der Waals surface area contributed by atoms with Crippen molar-refractivity contribution in [1.82, 2.24) is 0 Å². The fourth-order valence-corrected chi connectivity index (χ4v) is 2.09. The van der Waals surface area contributed by atoms with Crippen molar-refractivity contribution >= 4 is 5.97 Å². The predicted molar refractivity (Wildman–Crippen MR) is 85.9 cm³/mol. The lowest BCUT2D eigenvalue weighted by Gasteiger charge is -2.12. The molecule has 0 atom stereocenters. The van der Waals surface area contributed by atoms with E-state index in [0.717, 1.165) is 25.0 Å². The van der Waals surface area contributed by atoms with Gasteiger partial charge in [0.1, 0.15) is 5.75 Å². The minimum atomic E-state index is -0.0982. The first kappa shape index (κ1) is 17.5. The van der Waals surface area contributed by atoms with E-state index < -0.39 is 0 Å². The van der Waals surface area contributed by atoms with Gasteiger partial charge >= 0.3 is 5.97 Å². The van der Waals surface area contributed by atoms with Crippen LogP contribution in [0.1, 0.15) is 63.5 Å². The summed E-state index contributed by atoms with van der Waals surface area (Å²) < 4.78 is 10.8. The Labute approximate surface area is 128 Å². The smallest absolute Gasteiger partial charge is 0.305 e. The van der Waals surface area contributed by atoms with Gasteiger partial charge in [0, 0.05) is 6.42 Å². The van der Waals surface area contributed by atoms with E-state index in [0.29, 0.717) is 25.6 Å². The van der Waals surface area contributed by atoms with E-state index >= 15 is 0 Å². The van der Waals surface area contributed by atoms with Crippen molar-refractivity contribution in [1.29, 1.82) is 0 Å². The van der Waals surface area contributed by atoms with Crippen LogP contribution in [0.2, 0.25) is 0 Å². The van der Waals surface area contributed by atoms with Gasteiger partial charge in [-0.25, -0.2) is 0 Å². The van der Waals surface area contributed by atoms with Crippen molar-refractivity contribution in [3.05, 3.63) is 29.3 Å². The van der Waals surface area contributed by atoms with Crippen LogP contribution in [0, 0.1) is 6.92 Å². The lowest BCUT2D eigenvalue weighted by Crippen LogP contribution is -2.04. The SMILES string of the molecule is CCOC(=O)CCCCCOc1cc(C(C)C)ccc1C. The first-order chi connectivity index (χ1) is 10.0. The van der Waals surface area contributed by atoms with Gasteiger partial charge in [0.05, 0.1) is 13.2 Å². The van der Waals surface area contributed by atoms with Gasteiger partial charge in [-0.3, -0.25) is 4.79 Å². The summed E-state index contributed by atoms with van der Waals surface area (Å²) in [6.07, 6.45) is 3.33. The summed E-state index contributed by atoms with van der Waals surface area (Å²) in [4.78, 5) is 11.2. The maximum atomic E-state index is 11.2. The van der Waals surface area contributed by atoms with Crippen LogP contribution < -0.4 is 4.74 Å². The average molecular weight is 292 g/mol. The molecule has 0 radical (unpaired) electrons. The number of unbranched alkanes of at least 4 members (excludes halogenated alkanes) is 2. The van der Waals surface area contributed by atoms with E-state index in [2.05, 4.69) is 39.0 Å². The van der Waals surface area contributed by atoms with Crippen LogP contribution in [0.25, 0.3) is 0 Å². The standard InChI is InChI=1S/C18H28O3/c1-5-20-18(19)9-7-6-8-12-21-17-13-16(14(2)3)11-10-15(17)4/h10-11,13-14H,5-9,12H2,1-4H3. The predicted octanol–water partition coefficient (Wildman–Crippen LogP) is 4.62. The Morgan fingerprint density at radius 1 is 1.19 bits per heavy atom. The van der Waals surface area contributed by atoms with Gasteiger partial charge in [-0.1, -0.05) is 26.0 Å². The van der Waals surface area contributed by atoms with Gasteiger partial charge < -0.3 is 9.47 Å². The molecule has 0 aliphatic carbocycles. The van der Waals surface area contributed by atoms with E-state index in [1.54, 1.807) is 0 Å². The molecule has 1 rings (SSSR count). The van der Waals surface area contributed by atoms with Gasteiger partial charge in [0.2, 0.25) is 0 Å². The highest BCUT2D eigenvalue weighted by molar-refractivity contribution is 5.69. The Bertz CT molecular complexity index is 438. The van der Waals surface area contributed by atoms with E-state index in [1.165, 1.54) is 11.1 Å². The molecule has 0 saturated carbocycles. The summed E-state index contributed by atoms with van der Waals surface area (Å²) in [5.74, 6) is 1.39. The number of ether oxygens (including phenoxy) is 2. The third-order valence-electron chi connectivity index (χ3n) is 3.47. The molecule has 118 valence electrons. The largest absolute Gasteiger partial charge is 0.493 e. The molecule has 21 heavy (non-hydrogen) atoms. The first-order valence-corrected chi connectivity index (χ1v) is 7.93. The molecule has 1 aromatic carbocycles. The molecule has 0 heterocycles.